The van der Waals surface area contributed by atoms with Crippen LogP contribution in [0.3, 0.4) is 0 Å². The van der Waals surface area contributed by atoms with Crippen molar-refractivity contribution in [2.75, 3.05) is 12.4 Å². The molecule has 2 aromatic rings. The molecule has 0 bridgehead atoms. The van der Waals surface area contributed by atoms with Gasteiger partial charge in [0.15, 0.2) is 0 Å². The highest BCUT2D eigenvalue weighted by Crippen LogP contribution is 2.26. The fraction of sp³-hybridized carbons (Fsp3) is 0.133. The summed E-state index contributed by atoms with van der Waals surface area (Å²) in [5, 5.41) is 3.10. The second-order valence-electron chi connectivity index (χ2n) is 4.26. The Labute approximate surface area is 116 Å². The van der Waals surface area contributed by atoms with Crippen molar-refractivity contribution in [2.45, 2.75) is 6.54 Å². The Morgan fingerprint density at radius 2 is 2.10 bits per heavy atom. The maximum atomic E-state index is 13.1. The first-order chi connectivity index (χ1) is 9.60. The maximum absolute atomic E-state index is 13.1. The van der Waals surface area contributed by atoms with E-state index in [0.717, 1.165) is 5.56 Å². The molecule has 3 N–H and O–H groups in total. The van der Waals surface area contributed by atoms with Crippen LogP contribution in [0.25, 0.3) is 0 Å². The third-order valence-corrected chi connectivity index (χ3v) is 2.86. The van der Waals surface area contributed by atoms with Gasteiger partial charge in [0.05, 0.1) is 12.8 Å². The molecule has 0 fully saturated rings. The highest BCUT2D eigenvalue weighted by molar-refractivity contribution is 5.94. The molecule has 0 unspecified atom stereocenters. The number of ether oxygens (including phenoxy) is 1. The van der Waals surface area contributed by atoms with Crippen LogP contribution < -0.4 is 15.8 Å². The highest BCUT2D eigenvalue weighted by atomic mass is 19.1. The molecule has 2 aromatic carbocycles. The van der Waals surface area contributed by atoms with Crippen LogP contribution in [0, 0.1) is 5.82 Å². The van der Waals surface area contributed by atoms with Crippen molar-refractivity contribution in [3.63, 3.8) is 0 Å². The molecule has 2 rings (SSSR count). The molecule has 0 atom stereocenters. The molecule has 104 valence electrons. The zero-order chi connectivity index (χ0) is 14.5. The van der Waals surface area contributed by atoms with Crippen molar-refractivity contribution in [2.24, 2.45) is 5.73 Å². The molecule has 4 nitrogen and oxygen atoms in total. The summed E-state index contributed by atoms with van der Waals surface area (Å²) in [6.45, 7) is 0.413. The van der Waals surface area contributed by atoms with Gasteiger partial charge in [-0.3, -0.25) is 4.79 Å². The number of hydrogen-bond donors (Lipinski definition) is 2. The van der Waals surface area contributed by atoms with Gasteiger partial charge >= 0.3 is 0 Å². The van der Waals surface area contributed by atoms with Crippen LogP contribution in [0.4, 0.5) is 10.1 Å². The molecule has 0 aliphatic carbocycles. The number of carbonyl (C=O) groups is 1. The lowest BCUT2D eigenvalue weighted by atomic mass is 10.1. The average molecular weight is 274 g/mol. The van der Waals surface area contributed by atoms with E-state index in [-0.39, 0.29) is 5.82 Å². The fourth-order valence-corrected chi connectivity index (χ4v) is 1.84. The van der Waals surface area contributed by atoms with E-state index in [4.69, 9.17) is 10.5 Å². The number of primary amides is 1. The third-order valence-electron chi connectivity index (χ3n) is 2.86. The van der Waals surface area contributed by atoms with Crippen LogP contribution >= 0.6 is 0 Å². The van der Waals surface area contributed by atoms with Crippen molar-refractivity contribution in [1.82, 2.24) is 0 Å². The Kier molecular flexibility index (Phi) is 4.20. The lowest BCUT2D eigenvalue weighted by Gasteiger charge is -2.12. The number of carbonyl (C=O) groups excluding carboxylic acids is 1. The minimum Gasteiger partial charge on any atom is -0.495 e. The van der Waals surface area contributed by atoms with Crippen LogP contribution in [-0.4, -0.2) is 13.0 Å². The van der Waals surface area contributed by atoms with Gasteiger partial charge in [-0.2, -0.15) is 0 Å². The minimum atomic E-state index is -0.513. The Bertz CT molecular complexity index is 629. The van der Waals surface area contributed by atoms with Gasteiger partial charge in [-0.25, -0.2) is 4.39 Å². The summed E-state index contributed by atoms with van der Waals surface area (Å²) in [4.78, 5) is 11.2. The summed E-state index contributed by atoms with van der Waals surface area (Å²) in [5.74, 6) is -0.213. The topological polar surface area (TPSA) is 64.3 Å². The summed E-state index contributed by atoms with van der Waals surface area (Å²) < 4.78 is 18.3. The Morgan fingerprint density at radius 1 is 1.30 bits per heavy atom. The van der Waals surface area contributed by atoms with Gasteiger partial charge in [-0.05, 0) is 35.9 Å². The summed E-state index contributed by atoms with van der Waals surface area (Å²) in [7, 11) is 1.53. The van der Waals surface area contributed by atoms with E-state index >= 15 is 0 Å². The van der Waals surface area contributed by atoms with Crippen molar-refractivity contribution >= 4 is 11.6 Å². The molecular formula is C15H15FN2O2. The average Bonchev–Trinajstić information content (AvgIpc) is 2.44. The lowest BCUT2D eigenvalue weighted by Crippen LogP contribution is -2.11. The largest absolute Gasteiger partial charge is 0.495 e. The van der Waals surface area contributed by atoms with E-state index in [1.807, 2.05) is 0 Å². The number of nitrogens with one attached hydrogen (secondary N) is 1. The van der Waals surface area contributed by atoms with Gasteiger partial charge in [0.25, 0.3) is 0 Å². The molecule has 5 heteroatoms. The molecule has 20 heavy (non-hydrogen) atoms. The molecular weight excluding hydrogens is 259 g/mol. The van der Waals surface area contributed by atoms with Crippen molar-refractivity contribution in [3.8, 4) is 5.75 Å². The van der Waals surface area contributed by atoms with E-state index in [1.54, 1.807) is 30.3 Å². The number of nitrogens with two attached hydrogens (primary N) is 1. The molecule has 0 spiro atoms. The summed E-state index contributed by atoms with van der Waals surface area (Å²) in [5.41, 5.74) is 7.05. The Hall–Kier alpha value is -2.56. The SMILES string of the molecule is COc1ccc(C(N)=O)cc1NCc1cccc(F)c1. The molecule has 1 amide bonds. The second kappa shape index (κ2) is 6.06. The molecule has 0 radical (unpaired) electrons. The van der Waals surface area contributed by atoms with Crippen molar-refractivity contribution in [1.29, 1.82) is 0 Å². The second-order valence-corrected chi connectivity index (χ2v) is 4.26. The normalized spacial score (nSPS) is 10.1. The number of hydrogen-bond acceptors (Lipinski definition) is 3. The Morgan fingerprint density at radius 3 is 2.75 bits per heavy atom. The van der Waals surface area contributed by atoms with E-state index in [0.29, 0.717) is 23.5 Å². The van der Waals surface area contributed by atoms with Crippen molar-refractivity contribution < 1.29 is 13.9 Å². The number of halogens is 1. The number of benzene rings is 2. The monoisotopic (exact) mass is 274 g/mol. The van der Waals surface area contributed by atoms with Crippen LogP contribution in [-0.2, 0) is 6.54 Å². The van der Waals surface area contributed by atoms with Gasteiger partial charge in [0, 0.05) is 12.1 Å². The summed E-state index contributed by atoms with van der Waals surface area (Å²) in [6.07, 6.45) is 0. The van der Waals surface area contributed by atoms with Crippen LogP contribution in [0.5, 0.6) is 5.75 Å². The zero-order valence-corrected chi connectivity index (χ0v) is 11.0. The zero-order valence-electron chi connectivity index (χ0n) is 11.0. The van der Waals surface area contributed by atoms with E-state index in [9.17, 15) is 9.18 Å². The molecule has 0 aliphatic rings. The van der Waals surface area contributed by atoms with Crippen molar-refractivity contribution in [3.05, 3.63) is 59.4 Å². The van der Waals surface area contributed by atoms with Gasteiger partial charge in [-0.1, -0.05) is 12.1 Å². The first-order valence-electron chi connectivity index (χ1n) is 6.06. The number of amides is 1. The lowest BCUT2D eigenvalue weighted by molar-refractivity contribution is 0.100. The van der Waals surface area contributed by atoms with Gasteiger partial charge in [0.2, 0.25) is 5.91 Å². The standard InChI is InChI=1S/C15H15FN2O2/c1-20-14-6-5-11(15(17)19)8-13(14)18-9-10-3-2-4-12(16)7-10/h2-8,18H,9H2,1H3,(H2,17,19). The number of methoxy groups -OCH3 is 1. The molecule has 0 aromatic heterocycles. The van der Waals surface area contributed by atoms with Crippen LogP contribution in [0.1, 0.15) is 15.9 Å². The minimum absolute atomic E-state index is 0.290. The number of anilines is 1. The van der Waals surface area contributed by atoms with E-state index in [2.05, 4.69) is 5.32 Å². The molecule has 0 aliphatic heterocycles. The Balaban J connectivity index is 2.19. The summed E-state index contributed by atoms with van der Waals surface area (Å²) >= 11 is 0. The van der Waals surface area contributed by atoms with Gasteiger partial charge < -0.3 is 15.8 Å². The molecule has 0 saturated heterocycles. The molecule has 0 saturated carbocycles. The smallest absolute Gasteiger partial charge is 0.248 e. The van der Waals surface area contributed by atoms with E-state index < -0.39 is 5.91 Å². The van der Waals surface area contributed by atoms with E-state index in [1.165, 1.54) is 19.2 Å². The predicted octanol–water partition coefficient (Wildman–Crippen LogP) is 2.55. The third kappa shape index (κ3) is 3.26. The maximum Gasteiger partial charge on any atom is 0.248 e. The first kappa shape index (κ1) is 13.9. The van der Waals surface area contributed by atoms with Crippen LogP contribution in [0.2, 0.25) is 0 Å². The predicted molar refractivity (Wildman–Crippen MR) is 75.2 cm³/mol. The summed E-state index contributed by atoms with van der Waals surface area (Å²) in [6, 6.07) is 11.1. The van der Waals surface area contributed by atoms with Gasteiger partial charge in [0.1, 0.15) is 11.6 Å². The number of rotatable bonds is 5. The van der Waals surface area contributed by atoms with Gasteiger partial charge in [-0.15, -0.1) is 0 Å². The first-order valence-corrected chi connectivity index (χ1v) is 6.06. The highest BCUT2D eigenvalue weighted by Gasteiger charge is 2.07. The fourth-order valence-electron chi connectivity index (χ4n) is 1.84. The molecule has 0 heterocycles. The van der Waals surface area contributed by atoms with Crippen LogP contribution in [0.15, 0.2) is 42.5 Å². The quantitative estimate of drug-likeness (QED) is 0.880.